The van der Waals surface area contributed by atoms with Crippen LogP contribution < -0.4 is 10.1 Å². The van der Waals surface area contributed by atoms with Gasteiger partial charge in [-0.1, -0.05) is 13.0 Å². The zero-order valence-corrected chi connectivity index (χ0v) is 13.1. The highest BCUT2D eigenvalue weighted by Crippen LogP contribution is 2.21. The lowest BCUT2D eigenvalue weighted by Crippen LogP contribution is -2.13. The Morgan fingerprint density at radius 1 is 1.24 bits per heavy atom. The molecule has 110 valence electrons. The van der Waals surface area contributed by atoms with E-state index in [0.29, 0.717) is 12.3 Å². The first-order valence-electron chi connectivity index (χ1n) is 6.60. The largest absolute Gasteiger partial charge is 0.494 e. The quantitative estimate of drug-likeness (QED) is 0.852. The molecule has 1 amide bonds. The van der Waals surface area contributed by atoms with Crippen LogP contribution >= 0.6 is 15.9 Å². The van der Waals surface area contributed by atoms with Crippen LogP contribution in [0.15, 0.2) is 46.9 Å². The smallest absolute Gasteiger partial charge is 0.258 e. The molecule has 3 nitrogen and oxygen atoms in total. The molecule has 0 spiro atoms. The Kier molecular flexibility index (Phi) is 5.33. The SMILES string of the molecule is CCCOc1ccc(NC(=O)c2cccc(Br)c2F)cc1. The number of ether oxygens (including phenoxy) is 1. The zero-order valence-electron chi connectivity index (χ0n) is 11.5. The highest BCUT2D eigenvalue weighted by atomic mass is 79.9. The third kappa shape index (κ3) is 4.04. The van der Waals surface area contributed by atoms with Crippen LogP contribution in [0, 0.1) is 5.82 Å². The second kappa shape index (κ2) is 7.22. The van der Waals surface area contributed by atoms with Crippen LogP contribution in [0.5, 0.6) is 5.75 Å². The number of hydrogen-bond donors (Lipinski definition) is 1. The van der Waals surface area contributed by atoms with E-state index in [4.69, 9.17) is 4.74 Å². The zero-order chi connectivity index (χ0) is 15.2. The van der Waals surface area contributed by atoms with Crippen molar-refractivity contribution in [3.63, 3.8) is 0 Å². The standard InChI is InChI=1S/C16H15BrFNO2/c1-2-10-21-12-8-6-11(7-9-12)19-16(20)13-4-3-5-14(17)15(13)18/h3-9H,2,10H2,1H3,(H,19,20). The Morgan fingerprint density at radius 2 is 1.95 bits per heavy atom. The molecular formula is C16H15BrFNO2. The van der Waals surface area contributed by atoms with Gasteiger partial charge in [-0.3, -0.25) is 4.79 Å². The van der Waals surface area contributed by atoms with E-state index in [0.717, 1.165) is 12.2 Å². The van der Waals surface area contributed by atoms with Gasteiger partial charge >= 0.3 is 0 Å². The van der Waals surface area contributed by atoms with E-state index < -0.39 is 11.7 Å². The maximum Gasteiger partial charge on any atom is 0.258 e. The molecule has 0 aliphatic heterocycles. The molecule has 2 aromatic rings. The molecule has 0 atom stereocenters. The Balaban J connectivity index is 2.07. The molecule has 1 N–H and O–H groups in total. The highest BCUT2D eigenvalue weighted by molar-refractivity contribution is 9.10. The van der Waals surface area contributed by atoms with E-state index >= 15 is 0 Å². The van der Waals surface area contributed by atoms with Crippen LogP contribution in [0.2, 0.25) is 0 Å². The minimum absolute atomic E-state index is 0.00400. The van der Waals surface area contributed by atoms with Gasteiger partial charge in [0.05, 0.1) is 16.6 Å². The summed E-state index contributed by atoms with van der Waals surface area (Å²) in [5.41, 5.74) is 0.582. The molecule has 0 aromatic heterocycles. The summed E-state index contributed by atoms with van der Waals surface area (Å²) in [7, 11) is 0. The molecule has 0 unspecified atom stereocenters. The predicted octanol–water partition coefficient (Wildman–Crippen LogP) is 4.63. The molecular weight excluding hydrogens is 337 g/mol. The van der Waals surface area contributed by atoms with E-state index in [9.17, 15) is 9.18 Å². The first kappa shape index (κ1) is 15.5. The number of halogens is 2. The molecule has 0 aliphatic carbocycles. The second-order valence-corrected chi connectivity index (χ2v) is 5.28. The lowest BCUT2D eigenvalue weighted by Gasteiger charge is -2.08. The number of hydrogen-bond acceptors (Lipinski definition) is 2. The van der Waals surface area contributed by atoms with Gasteiger partial charge in [-0.2, -0.15) is 0 Å². The van der Waals surface area contributed by atoms with Crippen molar-refractivity contribution in [1.82, 2.24) is 0 Å². The van der Waals surface area contributed by atoms with Crippen molar-refractivity contribution in [2.24, 2.45) is 0 Å². The van der Waals surface area contributed by atoms with Gasteiger partial charge in [0, 0.05) is 5.69 Å². The number of anilines is 1. The fourth-order valence-electron chi connectivity index (χ4n) is 1.73. The maximum absolute atomic E-state index is 13.8. The second-order valence-electron chi connectivity index (χ2n) is 4.43. The summed E-state index contributed by atoms with van der Waals surface area (Å²) in [5.74, 6) is -0.322. The van der Waals surface area contributed by atoms with Gasteiger partial charge < -0.3 is 10.1 Å². The summed E-state index contributed by atoms with van der Waals surface area (Å²) in [6, 6.07) is 11.6. The van der Waals surface area contributed by atoms with Gasteiger partial charge in [-0.25, -0.2) is 4.39 Å². The molecule has 5 heteroatoms. The summed E-state index contributed by atoms with van der Waals surface area (Å²) in [6.07, 6.45) is 0.931. The van der Waals surface area contributed by atoms with E-state index in [1.807, 2.05) is 6.92 Å². The Morgan fingerprint density at radius 3 is 2.62 bits per heavy atom. The number of nitrogens with one attached hydrogen (secondary N) is 1. The molecule has 0 radical (unpaired) electrons. The molecule has 0 aliphatic rings. The van der Waals surface area contributed by atoms with Crippen molar-refractivity contribution < 1.29 is 13.9 Å². The van der Waals surface area contributed by atoms with Crippen LogP contribution in [0.1, 0.15) is 23.7 Å². The molecule has 0 bridgehead atoms. The third-order valence-corrected chi connectivity index (χ3v) is 3.39. The number of benzene rings is 2. The number of rotatable bonds is 5. The molecule has 2 aromatic carbocycles. The number of amides is 1. The van der Waals surface area contributed by atoms with Gasteiger partial charge in [0.25, 0.3) is 5.91 Å². The molecule has 21 heavy (non-hydrogen) atoms. The summed E-state index contributed by atoms with van der Waals surface area (Å²) in [5, 5.41) is 2.65. The van der Waals surface area contributed by atoms with Crippen LogP contribution in [-0.4, -0.2) is 12.5 Å². The van der Waals surface area contributed by atoms with Crippen molar-refractivity contribution in [1.29, 1.82) is 0 Å². The highest BCUT2D eigenvalue weighted by Gasteiger charge is 2.13. The average Bonchev–Trinajstić information content (AvgIpc) is 2.49. The van der Waals surface area contributed by atoms with E-state index in [-0.39, 0.29) is 10.0 Å². The lowest BCUT2D eigenvalue weighted by atomic mass is 10.2. The van der Waals surface area contributed by atoms with Crippen LogP contribution in [-0.2, 0) is 0 Å². The monoisotopic (exact) mass is 351 g/mol. The number of carbonyl (C=O) groups is 1. The Labute approximate surface area is 131 Å². The first-order valence-corrected chi connectivity index (χ1v) is 7.39. The van der Waals surface area contributed by atoms with Gasteiger partial charge in [0.15, 0.2) is 0 Å². The van der Waals surface area contributed by atoms with Crippen molar-refractivity contribution in [3.05, 3.63) is 58.3 Å². The van der Waals surface area contributed by atoms with Crippen molar-refractivity contribution in [2.45, 2.75) is 13.3 Å². The normalized spacial score (nSPS) is 10.2. The lowest BCUT2D eigenvalue weighted by molar-refractivity contribution is 0.102. The van der Waals surface area contributed by atoms with E-state index in [1.54, 1.807) is 36.4 Å². The molecule has 0 fully saturated rings. The van der Waals surface area contributed by atoms with Gasteiger partial charge in [0.1, 0.15) is 11.6 Å². The Bertz CT molecular complexity index is 629. The fourth-order valence-corrected chi connectivity index (χ4v) is 2.10. The van der Waals surface area contributed by atoms with Gasteiger partial charge in [-0.15, -0.1) is 0 Å². The molecule has 0 saturated heterocycles. The number of carbonyl (C=O) groups excluding carboxylic acids is 1. The summed E-state index contributed by atoms with van der Waals surface area (Å²) < 4.78 is 19.5. The third-order valence-electron chi connectivity index (χ3n) is 2.78. The van der Waals surface area contributed by atoms with E-state index in [2.05, 4.69) is 21.2 Å². The van der Waals surface area contributed by atoms with Gasteiger partial charge in [0.2, 0.25) is 0 Å². The van der Waals surface area contributed by atoms with Crippen LogP contribution in [0.4, 0.5) is 10.1 Å². The molecule has 0 heterocycles. The average molecular weight is 352 g/mol. The first-order chi connectivity index (χ1) is 10.1. The van der Waals surface area contributed by atoms with Crippen LogP contribution in [0.25, 0.3) is 0 Å². The van der Waals surface area contributed by atoms with E-state index in [1.165, 1.54) is 6.07 Å². The maximum atomic E-state index is 13.8. The molecule has 0 saturated carbocycles. The van der Waals surface area contributed by atoms with Crippen molar-refractivity contribution in [2.75, 3.05) is 11.9 Å². The summed E-state index contributed by atoms with van der Waals surface area (Å²) in [6.45, 7) is 2.68. The molecule has 2 rings (SSSR count). The Hall–Kier alpha value is -1.88. The fraction of sp³-hybridized carbons (Fsp3) is 0.188. The summed E-state index contributed by atoms with van der Waals surface area (Å²) in [4.78, 5) is 12.0. The van der Waals surface area contributed by atoms with Crippen molar-refractivity contribution >= 4 is 27.5 Å². The minimum Gasteiger partial charge on any atom is -0.494 e. The minimum atomic E-state index is -0.571. The van der Waals surface area contributed by atoms with Gasteiger partial charge in [-0.05, 0) is 58.7 Å². The topological polar surface area (TPSA) is 38.3 Å². The van der Waals surface area contributed by atoms with Crippen LogP contribution in [0.3, 0.4) is 0 Å². The summed E-state index contributed by atoms with van der Waals surface area (Å²) >= 11 is 3.06. The van der Waals surface area contributed by atoms with Crippen molar-refractivity contribution in [3.8, 4) is 5.75 Å². The predicted molar refractivity (Wildman–Crippen MR) is 84.3 cm³/mol.